The van der Waals surface area contributed by atoms with E-state index < -0.39 is 0 Å². The molecule has 1 aromatic carbocycles. The molecule has 4 nitrogen and oxygen atoms in total. The highest BCUT2D eigenvalue weighted by Crippen LogP contribution is 2.23. The number of hydrogen-bond acceptors (Lipinski definition) is 4. The summed E-state index contributed by atoms with van der Waals surface area (Å²) in [6.45, 7) is 3.25. The fourth-order valence-corrected chi connectivity index (χ4v) is 1.87. The largest absolute Gasteiger partial charge is 0.459 e. The molecule has 0 aliphatic heterocycles. The van der Waals surface area contributed by atoms with E-state index in [0.717, 1.165) is 23.3 Å². The van der Waals surface area contributed by atoms with Crippen LogP contribution in [0.2, 0.25) is 0 Å². The van der Waals surface area contributed by atoms with Crippen molar-refractivity contribution in [2.24, 2.45) is 5.73 Å². The summed E-state index contributed by atoms with van der Waals surface area (Å²) in [6.07, 6.45) is 0.156. The monoisotopic (exact) mass is 248 g/mol. The molecule has 2 aromatic rings. The minimum atomic E-state index is 0.0231. The summed E-state index contributed by atoms with van der Waals surface area (Å²) in [5, 5.41) is 4.46. The summed E-state index contributed by atoms with van der Waals surface area (Å²) < 4.78 is 11.0. The van der Waals surface area contributed by atoms with Gasteiger partial charge < -0.3 is 20.2 Å². The number of nitrogens with one attached hydrogen (secondary N) is 1. The van der Waals surface area contributed by atoms with Gasteiger partial charge in [0.15, 0.2) is 0 Å². The second kappa shape index (κ2) is 6.00. The lowest BCUT2D eigenvalue weighted by Crippen LogP contribution is -2.33. The lowest BCUT2D eigenvalue weighted by atomic mass is 10.2. The van der Waals surface area contributed by atoms with Crippen LogP contribution in [0.3, 0.4) is 0 Å². The Balaban J connectivity index is 2.11. The molecule has 0 saturated carbocycles. The molecule has 0 bridgehead atoms. The standard InChI is InChI=1S/C14H20N2O2/c1-10(17-2)9-16-12(8-15)14-7-11-5-3-4-6-13(11)18-14/h3-7,10,12,16H,8-9,15H2,1-2H3. The molecule has 0 saturated heterocycles. The maximum atomic E-state index is 5.80. The summed E-state index contributed by atoms with van der Waals surface area (Å²) in [4.78, 5) is 0. The van der Waals surface area contributed by atoms with Gasteiger partial charge in [0.25, 0.3) is 0 Å². The number of hydrogen-bond donors (Lipinski definition) is 2. The van der Waals surface area contributed by atoms with E-state index in [-0.39, 0.29) is 12.1 Å². The van der Waals surface area contributed by atoms with E-state index in [0.29, 0.717) is 6.54 Å². The predicted molar refractivity (Wildman–Crippen MR) is 72.5 cm³/mol. The van der Waals surface area contributed by atoms with Crippen molar-refractivity contribution in [2.45, 2.75) is 19.1 Å². The zero-order chi connectivity index (χ0) is 13.0. The Morgan fingerprint density at radius 2 is 2.17 bits per heavy atom. The topological polar surface area (TPSA) is 60.4 Å². The summed E-state index contributed by atoms with van der Waals surface area (Å²) in [6, 6.07) is 10.0. The van der Waals surface area contributed by atoms with Crippen LogP contribution in [0.25, 0.3) is 11.0 Å². The third-order valence-electron chi connectivity index (χ3n) is 3.08. The lowest BCUT2D eigenvalue weighted by molar-refractivity contribution is 0.113. The average molecular weight is 248 g/mol. The zero-order valence-corrected chi connectivity index (χ0v) is 10.8. The maximum absolute atomic E-state index is 5.80. The molecule has 2 atom stereocenters. The number of nitrogens with two attached hydrogens (primary N) is 1. The molecule has 4 heteroatoms. The molecule has 0 aliphatic carbocycles. The van der Waals surface area contributed by atoms with Crippen LogP contribution in [0.4, 0.5) is 0 Å². The highest BCUT2D eigenvalue weighted by molar-refractivity contribution is 5.77. The van der Waals surface area contributed by atoms with Crippen molar-refractivity contribution in [1.29, 1.82) is 0 Å². The fraction of sp³-hybridized carbons (Fsp3) is 0.429. The van der Waals surface area contributed by atoms with Crippen LogP contribution in [0, 0.1) is 0 Å². The Morgan fingerprint density at radius 1 is 1.39 bits per heavy atom. The number of furan rings is 1. The van der Waals surface area contributed by atoms with Gasteiger partial charge in [0, 0.05) is 25.6 Å². The Labute approximate surface area is 107 Å². The highest BCUT2D eigenvalue weighted by atomic mass is 16.5. The Kier molecular flexibility index (Phi) is 4.36. The molecule has 3 N–H and O–H groups in total. The number of benzene rings is 1. The number of para-hydroxylation sites is 1. The van der Waals surface area contributed by atoms with Gasteiger partial charge in [0.2, 0.25) is 0 Å². The lowest BCUT2D eigenvalue weighted by Gasteiger charge is -2.17. The van der Waals surface area contributed by atoms with E-state index in [1.54, 1.807) is 7.11 Å². The van der Waals surface area contributed by atoms with Crippen molar-refractivity contribution in [3.05, 3.63) is 36.1 Å². The van der Waals surface area contributed by atoms with Crippen LogP contribution in [0.5, 0.6) is 0 Å². The first-order valence-corrected chi connectivity index (χ1v) is 6.19. The van der Waals surface area contributed by atoms with Gasteiger partial charge >= 0.3 is 0 Å². The number of ether oxygens (including phenoxy) is 1. The quantitative estimate of drug-likeness (QED) is 0.821. The molecule has 2 unspecified atom stereocenters. The molecular formula is C14H20N2O2. The number of methoxy groups -OCH3 is 1. The van der Waals surface area contributed by atoms with Crippen molar-refractivity contribution in [2.75, 3.05) is 20.2 Å². The molecule has 1 heterocycles. The van der Waals surface area contributed by atoms with Gasteiger partial charge in [-0.3, -0.25) is 0 Å². The first kappa shape index (κ1) is 13.1. The number of fused-ring (bicyclic) bond motifs is 1. The van der Waals surface area contributed by atoms with Crippen LogP contribution in [0.15, 0.2) is 34.7 Å². The van der Waals surface area contributed by atoms with E-state index >= 15 is 0 Å². The van der Waals surface area contributed by atoms with Crippen LogP contribution >= 0.6 is 0 Å². The minimum absolute atomic E-state index is 0.0231. The van der Waals surface area contributed by atoms with Gasteiger partial charge in [-0.15, -0.1) is 0 Å². The Bertz CT molecular complexity index is 462. The molecule has 0 aliphatic rings. The molecule has 1 aromatic heterocycles. The van der Waals surface area contributed by atoms with Gasteiger partial charge in [-0.05, 0) is 19.1 Å². The van der Waals surface area contributed by atoms with E-state index in [4.69, 9.17) is 14.9 Å². The van der Waals surface area contributed by atoms with E-state index in [9.17, 15) is 0 Å². The first-order chi connectivity index (χ1) is 8.74. The Hall–Kier alpha value is -1.36. The fourth-order valence-electron chi connectivity index (χ4n) is 1.87. The first-order valence-electron chi connectivity index (χ1n) is 6.19. The van der Waals surface area contributed by atoms with Crippen LogP contribution in [-0.2, 0) is 4.74 Å². The highest BCUT2D eigenvalue weighted by Gasteiger charge is 2.15. The zero-order valence-electron chi connectivity index (χ0n) is 10.8. The Morgan fingerprint density at radius 3 is 2.83 bits per heavy atom. The second-order valence-electron chi connectivity index (χ2n) is 4.43. The summed E-state index contributed by atoms with van der Waals surface area (Å²) >= 11 is 0. The SMILES string of the molecule is COC(C)CNC(CN)c1cc2ccccc2o1. The molecule has 98 valence electrons. The van der Waals surface area contributed by atoms with Crippen LogP contribution in [0.1, 0.15) is 18.7 Å². The van der Waals surface area contributed by atoms with Crippen LogP contribution < -0.4 is 11.1 Å². The van der Waals surface area contributed by atoms with Gasteiger partial charge in [-0.2, -0.15) is 0 Å². The van der Waals surface area contributed by atoms with Crippen LogP contribution in [-0.4, -0.2) is 26.3 Å². The van der Waals surface area contributed by atoms with Gasteiger partial charge in [-0.25, -0.2) is 0 Å². The van der Waals surface area contributed by atoms with E-state index in [1.165, 1.54) is 0 Å². The molecule has 0 fully saturated rings. The van der Waals surface area contributed by atoms with E-state index in [1.807, 2.05) is 37.3 Å². The molecule has 2 rings (SSSR count). The smallest absolute Gasteiger partial charge is 0.134 e. The van der Waals surface area contributed by atoms with Crippen molar-refractivity contribution in [3.8, 4) is 0 Å². The van der Waals surface area contributed by atoms with E-state index in [2.05, 4.69) is 5.32 Å². The van der Waals surface area contributed by atoms with Crippen molar-refractivity contribution < 1.29 is 9.15 Å². The second-order valence-corrected chi connectivity index (χ2v) is 4.43. The minimum Gasteiger partial charge on any atom is -0.459 e. The third kappa shape index (κ3) is 2.90. The van der Waals surface area contributed by atoms with Gasteiger partial charge in [-0.1, -0.05) is 18.2 Å². The molecular weight excluding hydrogens is 228 g/mol. The number of rotatable bonds is 6. The maximum Gasteiger partial charge on any atom is 0.134 e. The average Bonchev–Trinajstić information content (AvgIpc) is 2.82. The van der Waals surface area contributed by atoms with Gasteiger partial charge in [0.05, 0.1) is 12.1 Å². The molecule has 0 radical (unpaired) electrons. The summed E-state index contributed by atoms with van der Waals surface area (Å²) in [5.41, 5.74) is 6.69. The molecule has 0 amide bonds. The third-order valence-corrected chi connectivity index (χ3v) is 3.08. The van der Waals surface area contributed by atoms with Gasteiger partial charge in [0.1, 0.15) is 11.3 Å². The summed E-state index contributed by atoms with van der Waals surface area (Å²) in [7, 11) is 1.70. The van der Waals surface area contributed by atoms with Crippen molar-refractivity contribution in [1.82, 2.24) is 5.32 Å². The normalized spacial score (nSPS) is 14.8. The molecule has 18 heavy (non-hydrogen) atoms. The summed E-state index contributed by atoms with van der Waals surface area (Å²) in [5.74, 6) is 0.877. The van der Waals surface area contributed by atoms with Crippen molar-refractivity contribution >= 4 is 11.0 Å². The van der Waals surface area contributed by atoms with Crippen molar-refractivity contribution in [3.63, 3.8) is 0 Å². The molecule has 0 spiro atoms. The predicted octanol–water partition coefficient (Wildman–Crippen LogP) is 2.06.